The van der Waals surface area contributed by atoms with Crippen LogP contribution in [-0.4, -0.2) is 54.1 Å². The van der Waals surface area contributed by atoms with Gasteiger partial charge in [0.15, 0.2) is 0 Å². The van der Waals surface area contributed by atoms with Crippen molar-refractivity contribution in [3.8, 4) is 0 Å². The molecule has 2 fully saturated rings. The third-order valence-corrected chi connectivity index (χ3v) is 5.64. The molecular formula is C21H34N4O. The van der Waals surface area contributed by atoms with Crippen LogP contribution in [0.5, 0.6) is 0 Å². The highest BCUT2D eigenvalue weighted by atomic mass is 16.2. The molecule has 0 radical (unpaired) electrons. The molecule has 0 aliphatic carbocycles. The van der Waals surface area contributed by atoms with Crippen LogP contribution in [0.4, 0.5) is 10.5 Å². The molecule has 1 aromatic rings. The molecule has 2 heterocycles. The molecule has 0 bridgehead atoms. The zero-order valence-electron chi connectivity index (χ0n) is 16.5. The van der Waals surface area contributed by atoms with E-state index in [2.05, 4.69) is 53.3 Å². The van der Waals surface area contributed by atoms with Crippen LogP contribution in [-0.2, 0) is 6.54 Å². The molecule has 2 atom stereocenters. The average molecular weight is 359 g/mol. The zero-order chi connectivity index (χ0) is 18.5. The predicted octanol–water partition coefficient (Wildman–Crippen LogP) is 3.52. The summed E-state index contributed by atoms with van der Waals surface area (Å²) in [5, 5.41) is 6.07. The number of piperidine rings is 1. The summed E-state index contributed by atoms with van der Waals surface area (Å²) in [6.45, 7) is 12.1. The average Bonchev–Trinajstić information content (AvgIpc) is 3.05. The highest BCUT2D eigenvalue weighted by molar-refractivity contribution is 5.89. The van der Waals surface area contributed by atoms with Crippen LogP contribution >= 0.6 is 0 Å². The number of benzene rings is 1. The van der Waals surface area contributed by atoms with Gasteiger partial charge in [-0.1, -0.05) is 19.1 Å². The summed E-state index contributed by atoms with van der Waals surface area (Å²) in [7, 11) is 0. The number of nitrogens with zero attached hydrogens (tertiary/aromatic N) is 2. The monoisotopic (exact) mass is 358 g/mol. The van der Waals surface area contributed by atoms with Crippen LogP contribution in [0.3, 0.4) is 0 Å². The quantitative estimate of drug-likeness (QED) is 0.847. The topological polar surface area (TPSA) is 47.6 Å². The molecule has 26 heavy (non-hydrogen) atoms. The van der Waals surface area contributed by atoms with Crippen molar-refractivity contribution < 1.29 is 4.79 Å². The maximum Gasteiger partial charge on any atom is 0.319 e. The van der Waals surface area contributed by atoms with Crippen molar-refractivity contribution in [1.29, 1.82) is 0 Å². The summed E-state index contributed by atoms with van der Waals surface area (Å²) in [6, 6.07) is 8.97. The standard InChI is InChI=1S/C21H34N4O/c1-16(2)25-12-10-20(15-25)23-21(26)22-19-8-6-18(7-9-19)14-24-11-4-5-17(3)13-24/h6-9,16-17,20H,4-5,10-15H2,1-3H3,(H2,22,23,26). The van der Waals surface area contributed by atoms with Gasteiger partial charge in [-0.25, -0.2) is 4.79 Å². The molecule has 3 rings (SSSR count). The maximum atomic E-state index is 12.2. The second-order valence-corrected chi connectivity index (χ2v) is 8.35. The Morgan fingerprint density at radius 1 is 1.15 bits per heavy atom. The van der Waals surface area contributed by atoms with E-state index in [-0.39, 0.29) is 12.1 Å². The Bertz CT molecular complexity index is 586. The lowest BCUT2D eigenvalue weighted by molar-refractivity contribution is 0.176. The molecule has 2 aliphatic heterocycles. The lowest BCUT2D eigenvalue weighted by atomic mass is 10.00. The number of rotatable bonds is 5. The molecule has 2 saturated heterocycles. The van der Waals surface area contributed by atoms with E-state index in [1.165, 1.54) is 31.5 Å². The van der Waals surface area contributed by atoms with Crippen molar-refractivity contribution >= 4 is 11.7 Å². The normalized spacial score (nSPS) is 24.8. The first-order chi connectivity index (χ1) is 12.5. The van der Waals surface area contributed by atoms with E-state index in [1.807, 2.05) is 12.1 Å². The first-order valence-electron chi connectivity index (χ1n) is 10.1. The van der Waals surface area contributed by atoms with Crippen LogP contribution in [0.2, 0.25) is 0 Å². The van der Waals surface area contributed by atoms with Crippen LogP contribution in [0.25, 0.3) is 0 Å². The Balaban J connectivity index is 1.44. The van der Waals surface area contributed by atoms with Gasteiger partial charge < -0.3 is 10.6 Å². The van der Waals surface area contributed by atoms with E-state index in [0.717, 1.165) is 37.7 Å². The summed E-state index contributed by atoms with van der Waals surface area (Å²) >= 11 is 0. The van der Waals surface area contributed by atoms with Crippen molar-refractivity contribution in [2.75, 3.05) is 31.5 Å². The van der Waals surface area contributed by atoms with Crippen molar-refractivity contribution in [3.05, 3.63) is 29.8 Å². The minimum Gasteiger partial charge on any atom is -0.334 e. The molecule has 0 aromatic heterocycles. The number of urea groups is 1. The number of nitrogens with one attached hydrogen (secondary N) is 2. The largest absolute Gasteiger partial charge is 0.334 e. The number of carbonyl (C=O) groups is 1. The highest BCUT2D eigenvalue weighted by Gasteiger charge is 2.25. The lowest BCUT2D eigenvalue weighted by Crippen LogP contribution is -2.40. The number of hydrogen-bond donors (Lipinski definition) is 2. The van der Waals surface area contributed by atoms with E-state index >= 15 is 0 Å². The van der Waals surface area contributed by atoms with Crippen LogP contribution in [0.15, 0.2) is 24.3 Å². The predicted molar refractivity (Wildman–Crippen MR) is 107 cm³/mol. The fourth-order valence-electron chi connectivity index (χ4n) is 4.11. The van der Waals surface area contributed by atoms with Gasteiger partial charge in [0, 0.05) is 44.0 Å². The summed E-state index contributed by atoms with van der Waals surface area (Å²) in [6.07, 6.45) is 3.68. The first kappa shape index (κ1) is 19.2. The van der Waals surface area contributed by atoms with Crippen molar-refractivity contribution in [1.82, 2.24) is 15.1 Å². The highest BCUT2D eigenvalue weighted by Crippen LogP contribution is 2.19. The molecule has 1 aromatic carbocycles. The molecule has 2 aliphatic rings. The summed E-state index contributed by atoms with van der Waals surface area (Å²) in [5.41, 5.74) is 2.17. The Labute approximate surface area is 158 Å². The van der Waals surface area contributed by atoms with Gasteiger partial charge in [0.2, 0.25) is 0 Å². The van der Waals surface area contributed by atoms with Crippen LogP contribution < -0.4 is 10.6 Å². The SMILES string of the molecule is CC1CCCN(Cc2ccc(NC(=O)NC3CCN(C(C)C)C3)cc2)C1. The maximum absolute atomic E-state index is 12.2. The fraction of sp³-hybridized carbons (Fsp3) is 0.667. The second-order valence-electron chi connectivity index (χ2n) is 8.35. The minimum absolute atomic E-state index is 0.0989. The lowest BCUT2D eigenvalue weighted by Gasteiger charge is -2.30. The van der Waals surface area contributed by atoms with Gasteiger partial charge in [0.1, 0.15) is 0 Å². The third-order valence-electron chi connectivity index (χ3n) is 5.64. The second kappa shape index (κ2) is 8.87. The van der Waals surface area contributed by atoms with Gasteiger partial charge in [0.05, 0.1) is 0 Å². The van der Waals surface area contributed by atoms with Gasteiger partial charge in [-0.2, -0.15) is 0 Å². The van der Waals surface area contributed by atoms with Gasteiger partial charge >= 0.3 is 6.03 Å². The Kier molecular flexibility index (Phi) is 6.54. The number of anilines is 1. The van der Waals surface area contributed by atoms with Gasteiger partial charge in [-0.15, -0.1) is 0 Å². The third kappa shape index (κ3) is 5.45. The number of hydrogen-bond acceptors (Lipinski definition) is 3. The van der Waals surface area contributed by atoms with E-state index in [9.17, 15) is 4.79 Å². The van der Waals surface area contributed by atoms with Gasteiger partial charge in [0.25, 0.3) is 0 Å². The van der Waals surface area contributed by atoms with Crippen molar-refractivity contribution in [2.45, 2.75) is 58.7 Å². The molecule has 5 nitrogen and oxygen atoms in total. The molecule has 2 N–H and O–H groups in total. The van der Waals surface area contributed by atoms with Crippen LogP contribution in [0, 0.1) is 5.92 Å². The number of carbonyl (C=O) groups excluding carboxylic acids is 1. The van der Waals surface area contributed by atoms with E-state index in [1.54, 1.807) is 0 Å². The molecule has 0 saturated carbocycles. The van der Waals surface area contributed by atoms with Crippen molar-refractivity contribution in [3.63, 3.8) is 0 Å². The summed E-state index contributed by atoms with van der Waals surface area (Å²) in [5.74, 6) is 0.801. The molecular weight excluding hydrogens is 324 g/mol. The summed E-state index contributed by atoms with van der Waals surface area (Å²) < 4.78 is 0. The minimum atomic E-state index is -0.0989. The molecule has 2 amide bonds. The van der Waals surface area contributed by atoms with Crippen LogP contribution in [0.1, 0.15) is 45.6 Å². The van der Waals surface area contributed by atoms with E-state index in [4.69, 9.17) is 0 Å². The molecule has 5 heteroatoms. The molecule has 0 spiro atoms. The molecule has 2 unspecified atom stereocenters. The van der Waals surface area contributed by atoms with Gasteiger partial charge in [-0.05, 0) is 63.3 Å². The van der Waals surface area contributed by atoms with E-state index in [0.29, 0.717) is 6.04 Å². The molecule has 144 valence electrons. The fourth-order valence-corrected chi connectivity index (χ4v) is 4.11. The smallest absolute Gasteiger partial charge is 0.319 e. The van der Waals surface area contributed by atoms with Gasteiger partial charge in [-0.3, -0.25) is 9.80 Å². The number of amides is 2. The zero-order valence-corrected chi connectivity index (χ0v) is 16.5. The Hall–Kier alpha value is -1.59. The van der Waals surface area contributed by atoms with Crippen molar-refractivity contribution in [2.24, 2.45) is 5.92 Å². The Morgan fingerprint density at radius 2 is 1.92 bits per heavy atom. The Morgan fingerprint density at radius 3 is 2.58 bits per heavy atom. The summed E-state index contributed by atoms with van der Waals surface area (Å²) in [4.78, 5) is 17.2. The van der Waals surface area contributed by atoms with E-state index < -0.39 is 0 Å². The number of likely N-dealkylation sites (tertiary alicyclic amines) is 2. The first-order valence-corrected chi connectivity index (χ1v) is 10.1.